The largest absolute Gasteiger partial charge is 0.483 e. The quantitative estimate of drug-likeness (QED) is 0.307. The summed E-state index contributed by atoms with van der Waals surface area (Å²) in [6, 6.07) is 5.22. The minimum atomic E-state index is -1.64. The lowest BCUT2D eigenvalue weighted by atomic mass is 10.1. The van der Waals surface area contributed by atoms with Crippen LogP contribution in [0, 0.1) is 30.2 Å². The molecule has 1 fully saturated rings. The van der Waals surface area contributed by atoms with E-state index in [-0.39, 0.29) is 24.1 Å². The normalized spacial score (nSPS) is 14.0. The molecule has 2 heterocycles. The zero-order chi connectivity index (χ0) is 30.6. The molecule has 0 aliphatic carbocycles. The van der Waals surface area contributed by atoms with Gasteiger partial charge in [0.05, 0.1) is 18.0 Å². The fourth-order valence-corrected chi connectivity index (χ4v) is 4.28. The van der Waals surface area contributed by atoms with Gasteiger partial charge in [-0.1, -0.05) is 12.1 Å². The number of nitrogens with one attached hydrogen (secondary N) is 1. The Morgan fingerprint density at radius 3 is 2.17 bits per heavy atom. The summed E-state index contributed by atoms with van der Waals surface area (Å²) in [5.74, 6) is -8.29. The van der Waals surface area contributed by atoms with Crippen molar-refractivity contribution >= 4 is 23.6 Å². The number of anilines is 1. The topological polar surface area (TPSA) is 106 Å². The van der Waals surface area contributed by atoms with E-state index < -0.39 is 53.7 Å². The van der Waals surface area contributed by atoms with Crippen molar-refractivity contribution in [3.8, 4) is 5.75 Å². The Hall–Kier alpha value is -4.62. The maximum atomic E-state index is 13.8. The fraction of sp³-hybridized carbons (Fsp3) is 0.357. The maximum absolute atomic E-state index is 13.8. The van der Waals surface area contributed by atoms with Gasteiger partial charge in [-0.15, -0.1) is 0 Å². The predicted molar refractivity (Wildman–Crippen MR) is 142 cm³/mol. The molecule has 0 radical (unpaired) electrons. The summed E-state index contributed by atoms with van der Waals surface area (Å²) < 4.78 is 65.8. The summed E-state index contributed by atoms with van der Waals surface area (Å²) in [5.41, 5.74) is 1.49. The average Bonchev–Trinajstić information content (AvgIpc) is 3.35. The van der Waals surface area contributed by atoms with E-state index >= 15 is 0 Å². The molecule has 1 aromatic heterocycles. The van der Waals surface area contributed by atoms with Crippen molar-refractivity contribution in [1.29, 1.82) is 0 Å². The lowest BCUT2D eigenvalue weighted by Gasteiger charge is -2.35. The molecule has 0 saturated carbocycles. The van der Waals surface area contributed by atoms with E-state index in [1.54, 1.807) is 36.8 Å². The van der Waals surface area contributed by atoms with Crippen molar-refractivity contribution in [1.82, 2.24) is 19.6 Å². The van der Waals surface area contributed by atoms with Crippen molar-refractivity contribution in [3.05, 3.63) is 76.6 Å². The fourth-order valence-electron chi connectivity index (χ4n) is 4.28. The number of carbonyl (C=O) groups is 3. The van der Waals surface area contributed by atoms with Crippen LogP contribution in [-0.2, 0) is 16.1 Å². The molecule has 1 aliphatic rings. The molecular weight excluding hydrogens is 562 g/mol. The SMILES string of the molecule is CCOC(=O)N1CCN(C(=O)C(C)n2cc(NC(=O)c3ccc(COc4c(F)c(F)cc(F)c4F)cc3)c(C)n2)CC1. The monoisotopic (exact) mass is 591 g/mol. The minimum Gasteiger partial charge on any atom is -0.483 e. The number of hydrogen-bond donors (Lipinski definition) is 1. The number of carbonyl (C=O) groups excluding carboxylic acids is 3. The van der Waals surface area contributed by atoms with Crippen LogP contribution in [-0.4, -0.2) is 70.3 Å². The van der Waals surface area contributed by atoms with Gasteiger partial charge < -0.3 is 24.6 Å². The van der Waals surface area contributed by atoms with Crippen molar-refractivity contribution in [2.24, 2.45) is 0 Å². The third-order valence-corrected chi connectivity index (χ3v) is 6.71. The highest BCUT2D eigenvalue weighted by atomic mass is 19.2. The number of piperazine rings is 1. The number of rotatable bonds is 8. The summed E-state index contributed by atoms with van der Waals surface area (Å²) in [5, 5.41) is 7.11. The third-order valence-electron chi connectivity index (χ3n) is 6.71. The van der Waals surface area contributed by atoms with Gasteiger partial charge >= 0.3 is 6.09 Å². The van der Waals surface area contributed by atoms with Crippen LogP contribution in [0.5, 0.6) is 5.75 Å². The molecule has 1 unspecified atom stereocenters. The Morgan fingerprint density at radius 1 is 0.976 bits per heavy atom. The van der Waals surface area contributed by atoms with E-state index in [0.29, 0.717) is 43.1 Å². The van der Waals surface area contributed by atoms with Gasteiger partial charge in [0.1, 0.15) is 12.6 Å². The second kappa shape index (κ2) is 12.9. The second-order valence-electron chi connectivity index (χ2n) is 9.53. The zero-order valence-corrected chi connectivity index (χ0v) is 23.1. The van der Waals surface area contributed by atoms with Crippen LogP contribution >= 0.6 is 0 Å². The van der Waals surface area contributed by atoms with E-state index in [9.17, 15) is 31.9 Å². The van der Waals surface area contributed by atoms with Crippen molar-refractivity contribution in [2.45, 2.75) is 33.4 Å². The van der Waals surface area contributed by atoms with Gasteiger partial charge in [-0.3, -0.25) is 14.3 Å². The molecule has 1 aliphatic heterocycles. The first-order valence-electron chi connectivity index (χ1n) is 13.1. The lowest BCUT2D eigenvalue weighted by molar-refractivity contribution is -0.136. The van der Waals surface area contributed by atoms with Gasteiger partial charge in [-0.05, 0) is 38.5 Å². The zero-order valence-electron chi connectivity index (χ0n) is 23.1. The van der Waals surface area contributed by atoms with Gasteiger partial charge in [0.25, 0.3) is 5.91 Å². The highest BCUT2D eigenvalue weighted by Crippen LogP contribution is 2.27. The van der Waals surface area contributed by atoms with Gasteiger partial charge in [0, 0.05) is 44.0 Å². The van der Waals surface area contributed by atoms with Gasteiger partial charge in [-0.25, -0.2) is 13.6 Å². The Labute approximate surface area is 238 Å². The van der Waals surface area contributed by atoms with Crippen LogP contribution in [0.25, 0.3) is 0 Å². The average molecular weight is 592 g/mol. The molecule has 4 rings (SSSR count). The molecule has 2 aromatic carbocycles. The number of aromatic nitrogens is 2. The van der Waals surface area contributed by atoms with Crippen molar-refractivity contribution in [2.75, 3.05) is 38.1 Å². The second-order valence-corrected chi connectivity index (χ2v) is 9.53. The van der Waals surface area contributed by atoms with Crippen molar-refractivity contribution < 1.29 is 41.4 Å². The number of hydrogen-bond acceptors (Lipinski definition) is 6. The third kappa shape index (κ3) is 6.64. The van der Waals surface area contributed by atoms with Gasteiger partial charge in [-0.2, -0.15) is 13.9 Å². The number of benzene rings is 2. The standard InChI is InChI=1S/C28H29F4N5O5/c1-4-41-28(40)36-11-9-35(10-12-36)27(39)17(3)37-14-22(16(2)34-37)33-26(38)19-7-5-18(6-8-19)15-42-25-23(31)20(29)13-21(30)24(25)32/h5-8,13-14,17H,4,9-12,15H2,1-3H3,(H,33,38). The summed E-state index contributed by atoms with van der Waals surface area (Å²) >= 11 is 0. The van der Waals surface area contributed by atoms with Gasteiger partial charge in [0.15, 0.2) is 17.4 Å². The van der Waals surface area contributed by atoms with Crippen LogP contribution in [0.1, 0.15) is 41.5 Å². The molecule has 1 N–H and O–H groups in total. The molecule has 1 saturated heterocycles. The van der Waals surface area contributed by atoms with E-state index in [4.69, 9.17) is 9.47 Å². The summed E-state index contributed by atoms with van der Waals surface area (Å²) in [7, 11) is 0. The van der Waals surface area contributed by atoms with Crippen molar-refractivity contribution in [3.63, 3.8) is 0 Å². The Bertz CT molecular complexity index is 1450. The number of ether oxygens (including phenoxy) is 2. The first-order valence-corrected chi connectivity index (χ1v) is 13.1. The van der Waals surface area contributed by atoms with Crippen LogP contribution in [0.2, 0.25) is 0 Å². The van der Waals surface area contributed by atoms with E-state index in [2.05, 4.69) is 10.4 Å². The lowest BCUT2D eigenvalue weighted by Crippen LogP contribution is -2.52. The number of aryl methyl sites for hydroxylation is 1. The van der Waals surface area contributed by atoms with Crippen LogP contribution in [0.4, 0.5) is 28.0 Å². The Balaban J connectivity index is 1.34. The molecule has 1 atom stereocenters. The Morgan fingerprint density at radius 2 is 1.57 bits per heavy atom. The predicted octanol–water partition coefficient (Wildman–Crippen LogP) is 4.44. The molecular formula is C28H29F4N5O5. The Kier molecular flexibility index (Phi) is 9.33. The molecule has 10 nitrogen and oxygen atoms in total. The molecule has 0 spiro atoms. The molecule has 0 bridgehead atoms. The molecule has 14 heteroatoms. The molecule has 42 heavy (non-hydrogen) atoms. The first kappa shape index (κ1) is 30.3. The van der Waals surface area contributed by atoms with Crippen LogP contribution < -0.4 is 10.1 Å². The molecule has 224 valence electrons. The number of nitrogens with zero attached hydrogens (tertiary/aromatic N) is 4. The molecule has 3 aromatic rings. The maximum Gasteiger partial charge on any atom is 0.409 e. The number of amides is 3. The van der Waals surface area contributed by atoms with E-state index in [1.165, 1.54) is 28.9 Å². The first-order chi connectivity index (χ1) is 20.0. The molecule has 3 amide bonds. The summed E-state index contributed by atoms with van der Waals surface area (Å²) in [6.07, 6.45) is 1.14. The van der Waals surface area contributed by atoms with Crippen LogP contribution in [0.15, 0.2) is 36.5 Å². The number of halogens is 4. The minimum absolute atomic E-state index is 0.0889. The van der Waals surface area contributed by atoms with Gasteiger partial charge in [0.2, 0.25) is 17.5 Å². The van der Waals surface area contributed by atoms with Crippen LogP contribution in [0.3, 0.4) is 0 Å². The highest BCUT2D eigenvalue weighted by Gasteiger charge is 2.29. The smallest absolute Gasteiger partial charge is 0.409 e. The highest BCUT2D eigenvalue weighted by molar-refractivity contribution is 6.04. The summed E-state index contributed by atoms with van der Waals surface area (Å²) in [6.45, 7) is 6.39. The van der Waals surface area contributed by atoms with E-state index in [0.717, 1.165) is 0 Å². The summed E-state index contributed by atoms with van der Waals surface area (Å²) in [4.78, 5) is 41.0. The van der Waals surface area contributed by atoms with E-state index in [1.807, 2.05) is 0 Å².